The largest absolute Gasteiger partial charge is 0.338 e. The molecule has 0 aliphatic heterocycles. The Hall–Kier alpha value is -4.53. The van der Waals surface area contributed by atoms with Gasteiger partial charge in [-0.05, 0) is 55.6 Å². The van der Waals surface area contributed by atoms with Crippen molar-refractivity contribution in [1.82, 2.24) is 24.2 Å². The molecule has 0 fully saturated rings. The van der Waals surface area contributed by atoms with Crippen molar-refractivity contribution in [2.24, 2.45) is 0 Å². The van der Waals surface area contributed by atoms with Gasteiger partial charge < -0.3 is 4.90 Å². The van der Waals surface area contributed by atoms with Gasteiger partial charge in [0, 0.05) is 35.2 Å². The van der Waals surface area contributed by atoms with Gasteiger partial charge in [0.2, 0.25) is 0 Å². The molecule has 0 radical (unpaired) electrons. The Balaban J connectivity index is 0.00000387. The minimum absolute atomic E-state index is 0. The molecule has 212 valence electrons. The molecular formula is C26H21ClF2N6O5S. The standard InChI is InChI=1S/C26H20F2N6O5S.ClH/c1-31(2)12-17-22-24(36)33(20-10-11-21(35)30-29-20)26(37)32(13-16-18(27)4-3-5-19(16)28)25(22)40-23(17)14-6-8-15(9-7-14)34(38)39;/h3-11H,12-13H2,1-2H3,(H,30,35);1H. The number of rotatable bonds is 7. The lowest BCUT2D eigenvalue weighted by Crippen LogP contribution is -2.40. The molecule has 0 aliphatic rings. The lowest BCUT2D eigenvalue weighted by atomic mass is 10.1. The van der Waals surface area contributed by atoms with E-state index in [2.05, 4.69) is 10.2 Å². The smallest absolute Gasteiger partial charge is 0.305 e. The SMILES string of the molecule is CN(C)Cc1c(-c2ccc([N+](=O)[O-])cc2)sc2c1c(=O)n(-c1ccc(=O)[nH]n1)c(=O)n2Cc1c(F)cccc1F.Cl. The Bertz CT molecular complexity index is 1930. The van der Waals surface area contributed by atoms with E-state index in [0.717, 1.165) is 38.7 Å². The monoisotopic (exact) mass is 602 g/mol. The Labute approximate surface area is 239 Å². The molecule has 0 atom stereocenters. The van der Waals surface area contributed by atoms with E-state index in [9.17, 15) is 33.3 Å². The third-order valence-electron chi connectivity index (χ3n) is 6.16. The molecule has 0 amide bonds. The molecule has 41 heavy (non-hydrogen) atoms. The molecule has 0 bridgehead atoms. The third-order valence-corrected chi connectivity index (χ3v) is 7.46. The van der Waals surface area contributed by atoms with E-state index in [4.69, 9.17) is 0 Å². The fourth-order valence-electron chi connectivity index (χ4n) is 4.35. The van der Waals surface area contributed by atoms with Crippen molar-refractivity contribution < 1.29 is 13.7 Å². The first-order chi connectivity index (χ1) is 19.1. The first kappa shape index (κ1) is 29.5. The summed E-state index contributed by atoms with van der Waals surface area (Å²) in [5.74, 6) is -1.93. The number of benzene rings is 2. The summed E-state index contributed by atoms with van der Waals surface area (Å²) >= 11 is 1.06. The normalized spacial score (nSPS) is 11.1. The second-order valence-electron chi connectivity index (χ2n) is 9.12. The van der Waals surface area contributed by atoms with Crippen LogP contribution >= 0.6 is 23.7 Å². The summed E-state index contributed by atoms with van der Waals surface area (Å²) in [6.45, 7) is -0.314. The number of nitro groups is 1. The quantitative estimate of drug-likeness (QED) is 0.222. The zero-order valence-corrected chi connectivity index (χ0v) is 23.1. The highest BCUT2D eigenvalue weighted by molar-refractivity contribution is 7.22. The number of nitrogens with one attached hydrogen (secondary N) is 1. The van der Waals surface area contributed by atoms with Crippen LogP contribution in [0.25, 0.3) is 26.5 Å². The van der Waals surface area contributed by atoms with Crippen molar-refractivity contribution in [2.75, 3.05) is 14.1 Å². The van der Waals surface area contributed by atoms with Crippen LogP contribution in [0.4, 0.5) is 14.5 Å². The Morgan fingerprint density at radius 2 is 1.66 bits per heavy atom. The predicted molar refractivity (Wildman–Crippen MR) is 152 cm³/mol. The number of nitrogens with zero attached hydrogens (tertiary/aromatic N) is 5. The van der Waals surface area contributed by atoms with Gasteiger partial charge >= 0.3 is 5.69 Å². The number of halogens is 3. The predicted octanol–water partition coefficient (Wildman–Crippen LogP) is 3.68. The van der Waals surface area contributed by atoms with E-state index in [0.29, 0.717) is 16.0 Å². The number of hydrogen-bond donors (Lipinski definition) is 1. The van der Waals surface area contributed by atoms with Gasteiger partial charge in [-0.15, -0.1) is 23.7 Å². The minimum Gasteiger partial charge on any atom is -0.305 e. The maximum absolute atomic E-state index is 14.7. The molecular weight excluding hydrogens is 582 g/mol. The van der Waals surface area contributed by atoms with Crippen molar-refractivity contribution in [1.29, 1.82) is 0 Å². The maximum Gasteiger partial charge on any atom is 0.338 e. The number of fused-ring (bicyclic) bond motifs is 1. The second-order valence-corrected chi connectivity index (χ2v) is 10.1. The molecule has 11 nitrogen and oxygen atoms in total. The number of nitro benzene ring substituents is 1. The van der Waals surface area contributed by atoms with Gasteiger partial charge in [0.05, 0.1) is 16.9 Å². The van der Waals surface area contributed by atoms with Gasteiger partial charge in [-0.2, -0.15) is 5.10 Å². The second kappa shape index (κ2) is 11.5. The van der Waals surface area contributed by atoms with Crippen LogP contribution in [0.15, 0.2) is 69.0 Å². The Kier molecular flexibility index (Phi) is 8.28. The summed E-state index contributed by atoms with van der Waals surface area (Å²) in [6, 6.07) is 11.3. The van der Waals surface area contributed by atoms with Crippen molar-refractivity contribution in [3.8, 4) is 16.3 Å². The van der Waals surface area contributed by atoms with Gasteiger partial charge in [0.25, 0.3) is 16.8 Å². The Morgan fingerprint density at radius 3 is 2.22 bits per heavy atom. The molecule has 0 aliphatic carbocycles. The maximum atomic E-state index is 14.7. The van der Waals surface area contributed by atoms with Crippen molar-refractivity contribution in [3.05, 3.63) is 119 Å². The molecule has 3 heterocycles. The summed E-state index contributed by atoms with van der Waals surface area (Å²) < 4.78 is 31.2. The molecule has 0 saturated heterocycles. The molecule has 5 aromatic rings. The summed E-state index contributed by atoms with van der Waals surface area (Å²) in [4.78, 5) is 52.5. The van der Waals surface area contributed by atoms with Crippen LogP contribution in [0.3, 0.4) is 0 Å². The van der Waals surface area contributed by atoms with Gasteiger partial charge in [0.1, 0.15) is 16.5 Å². The summed E-state index contributed by atoms with van der Waals surface area (Å²) in [7, 11) is 3.55. The van der Waals surface area contributed by atoms with E-state index in [1.165, 1.54) is 36.4 Å². The molecule has 0 spiro atoms. The van der Waals surface area contributed by atoms with Crippen LogP contribution in [0.1, 0.15) is 11.1 Å². The molecule has 5 rings (SSSR count). The summed E-state index contributed by atoms with van der Waals surface area (Å²) in [5, 5.41) is 17.3. The van der Waals surface area contributed by atoms with Crippen LogP contribution in [0.5, 0.6) is 0 Å². The topological polar surface area (TPSA) is 136 Å². The van der Waals surface area contributed by atoms with E-state index in [1.54, 1.807) is 19.0 Å². The molecule has 15 heteroatoms. The van der Waals surface area contributed by atoms with Crippen LogP contribution in [0, 0.1) is 21.7 Å². The first-order valence-electron chi connectivity index (χ1n) is 11.8. The van der Waals surface area contributed by atoms with E-state index >= 15 is 0 Å². The van der Waals surface area contributed by atoms with E-state index in [-0.39, 0.29) is 46.2 Å². The van der Waals surface area contributed by atoms with Gasteiger partial charge in [-0.25, -0.2) is 23.2 Å². The first-order valence-corrected chi connectivity index (χ1v) is 12.6. The molecule has 3 aromatic heterocycles. The van der Waals surface area contributed by atoms with Crippen molar-refractivity contribution in [3.63, 3.8) is 0 Å². The molecule has 1 N–H and O–H groups in total. The summed E-state index contributed by atoms with van der Waals surface area (Å²) in [6.07, 6.45) is 0. The molecule has 2 aromatic carbocycles. The van der Waals surface area contributed by atoms with Gasteiger partial charge in [0.15, 0.2) is 5.82 Å². The number of non-ortho nitro benzene ring substituents is 1. The fraction of sp³-hybridized carbons (Fsp3) is 0.154. The minimum atomic E-state index is -0.924. The van der Waals surface area contributed by atoms with Crippen LogP contribution < -0.4 is 16.8 Å². The van der Waals surface area contributed by atoms with Crippen LogP contribution in [-0.4, -0.2) is 43.3 Å². The highest BCUT2D eigenvalue weighted by Gasteiger charge is 2.26. The fourth-order valence-corrected chi connectivity index (χ4v) is 5.65. The highest BCUT2D eigenvalue weighted by atomic mass is 35.5. The number of thiophene rings is 1. The average molecular weight is 603 g/mol. The average Bonchev–Trinajstić information content (AvgIpc) is 3.27. The van der Waals surface area contributed by atoms with Crippen molar-refractivity contribution >= 4 is 39.6 Å². The number of hydrogen-bond acceptors (Lipinski definition) is 8. The number of H-pyrrole nitrogens is 1. The number of aromatic nitrogens is 4. The van der Waals surface area contributed by atoms with Crippen LogP contribution in [-0.2, 0) is 13.1 Å². The van der Waals surface area contributed by atoms with Gasteiger partial charge in [-0.3, -0.25) is 24.3 Å². The zero-order chi connectivity index (χ0) is 28.7. The summed E-state index contributed by atoms with van der Waals surface area (Å²) in [5.41, 5.74) is -1.69. The van der Waals surface area contributed by atoms with E-state index < -0.39 is 39.9 Å². The van der Waals surface area contributed by atoms with Gasteiger partial charge in [-0.1, -0.05) is 6.07 Å². The van der Waals surface area contributed by atoms with Crippen molar-refractivity contribution in [2.45, 2.75) is 13.1 Å². The van der Waals surface area contributed by atoms with E-state index in [1.807, 2.05) is 0 Å². The number of aromatic amines is 1. The third kappa shape index (κ3) is 5.44. The highest BCUT2D eigenvalue weighted by Crippen LogP contribution is 2.38. The molecule has 0 saturated carbocycles. The lowest BCUT2D eigenvalue weighted by Gasteiger charge is -2.14. The lowest BCUT2D eigenvalue weighted by molar-refractivity contribution is -0.384. The van der Waals surface area contributed by atoms with Crippen LogP contribution in [0.2, 0.25) is 0 Å². The Morgan fingerprint density at radius 1 is 1.00 bits per heavy atom. The zero-order valence-electron chi connectivity index (χ0n) is 21.5. The molecule has 0 unspecified atom stereocenters.